The Morgan fingerprint density at radius 3 is 2.16 bits per heavy atom. The molecule has 240 valence electrons. The van der Waals surface area contributed by atoms with E-state index in [2.05, 4.69) is 27.0 Å². The molecule has 2 fully saturated rings. The van der Waals surface area contributed by atoms with Crippen LogP contribution in [0.2, 0.25) is 0 Å². The molecule has 0 spiro atoms. The van der Waals surface area contributed by atoms with Crippen LogP contribution in [0.4, 0.5) is 0 Å². The summed E-state index contributed by atoms with van der Waals surface area (Å²) in [6, 6.07) is 14.7. The molecule has 6 atom stereocenters. The van der Waals surface area contributed by atoms with E-state index in [4.69, 9.17) is 28.4 Å². The lowest BCUT2D eigenvalue weighted by atomic mass is 9.98. The predicted molar refractivity (Wildman–Crippen MR) is 168 cm³/mol. The van der Waals surface area contributed by atoms with Gasteiger partial charge >= 0.3 is 5.97 Å². The molecule has 6 unspecified atom stereocenters. The minimum Gasteiger partial charge on any atom is -0.508 e. The summed E-state index contributed by atoms with van der Waals surface area (Å²) in [6.07, 6.45) is 7.74. The third-order valence-electron chi connectivity index (χ3n) is 7.96. The quantitative estimate of drug-likeness (QED) is 0.117. The van der Waals surface area contributed by atoms with Gasteiger partial charge in [-0.05, 0) is 63.3 Å². The highest BCUT2D eigenvalue weighted by Crippen LogP contribution is 2.37. The Morgan fingerprint density at radius 2 is 1.48 bits per heavy atom. The molecule has 44 heavy (non-hydrogen) atoms. The van der Waals surface area contributed by atoms with Gasteiger partial charge in [0.1, 0.15) is 11.5 Å². The monoisotopic (exact) mass is 608 g/mol. The van der Waals surface area contributed by atoms with E-state index in [-0.39, 0.29) is 36.1 Å². The molecule has 0 amide bonds. The summed E-state index contributed by atoms with van der Waals surface area (Å²) < 4.78 is 36.3. The molecule has 2 saturated heterocycles. The molecule has 2 heterocycles. The third kappa shape index (κ3) is 10.8. The fourth-order valence-electron chi connectivity index (χ4n) is 5.44. The molecule has 1 N–H and O–H groups in total. The number of phenols is 1. The molecule has 8 heteroatoms. The molecule has 0 saturated carbocycles. The summed E-state index contributed by atoms with van der Waals surface area (Å²) in [7, 11) is 0. The summed E-state index contributed by atoms with van der Waals surface area (Å²) >= 11 is 0. The number of carbonyl (C=O) groups excluding carboxylic acids is 1. The molecule has 2 aromatic carbocycles. The van der Waals surface area contributed by atoms with E-state index in [0.717, 1.165) is 67.4 Å². The van der Waals surface area contributed by atoms with E-state index in [9.17, 15) is 9.90 Å². The van der Waals surface area contributed by atoms with Crippen molar-refractivity contribution in [2.24, 2.45) is 0 Å². The van der Waals surface area contributed by atoms with Crippen molar-refractivity contribution in [3.05, 3.63) is 84.5 Å². The highest BCUT2D eigenvalue weighted by Gasteiger charge is 2.35. The number of hydrogen-bond acceptors (Lipinski definition) is 8. The van der Waals surface area contributed by atoms with Crippen LogP contribution in [-0.4, -0.2) is 48.7 Å². The van der Waals surface area contributed by atoms with Crippen molar-refractivity contribution in [2.75, 3.05) is 13.2 Å². The number of rotatable bonds is 16. The van der Waals surface area contributed by atoms with Gasteiger partial charge in [-0.2, -0.15) is 0 Å². The number of unbranched alkanes of at least 4 members (excludes halogenated alkanes) is 1. The average Bonchev–Trinajstić information content (AvgIpc) is 3.03. The number of hydrogen-bond donors (Lipinski definition) is 1. The minimum atomic E-state index is -0.471. The van der Waals surface area contributed by atoms with Crippen molar-refractivity contribution in [3.8, 4) is 11.5 Å². The van der Waals surface area contributed by atoms with Gasteiger partial charge in [0.15, 0.2) is 12.6 Å². The summed E-state index contributed by atoms with van der Waals surface area (Å²) in [5.74, 6) is 0.782. The first-order valence-electron chi connectivity index (χ1n) is 15.9. The van der Waals surface area contributed by atoms with Crippen LogP contribution in [0.15, 0.2) is 73.3 Å². The van der Waals surface area contributed by atoms with Gasteiger partial charge in [-0.25, -0.2) is 0 Å². The van der Waals surface area contributed by atoms with E-state index < -0.39 is 12.6 Å². The van der Waals surface area contributed by atoms with Gasteiger partial charge < -0.3 is 33.5 Å². The van der Waals surface area contributed by atoms with E-state index in [1.807, 2.05) is 36.4 Å². The maximum Gasteiger partial charge on any atom is 0.305 e. The van der Waals surface area contributed by atoms with Crippen molar-refractivity contribution >= 4 is 5.97 Å². The fraction of sp³-hybridized carbons (Fsp3) is 0.528. The fourth-order valence-corrected chi connectivity index (χ4v) is 5.44. The standard InChI is InChI=1S/C36H48O8/c1-5-25(3)10-7-8-11-34(38)40-21-9-20-39-31-18-14-28(15-19-31)35-41-26(4)22-32(43-35)24-33-23-30(6-2)42-36(44-33)27-12-16-29(37)17-13-27/h5,12-19,26,30,32-33,35-37H,1,3,6-11,20-24H2,2,4H3. The van der Waals surface area contributed by atoms with E-state index in [1.165, 1.54) is 0 Å². The largest absolute Gasteiger partial charge is 0.508 e. The van der Waals surface area contributed by atoms with Crippen molar-refractivity contribution in [2.45, 2.75) is 109 Å². The maximum absolute atomic E-state index is 11.9. The Balaban J connectivity index is 1.19. The van der Waals surface area contributed by atoms with Crippen LogP contribution in [-0.2, 0) is 28.5 Å². The van der Waals surface area contributed by atoms with E-state index in [1.54, 1.807) is 18.2 Å². The van der Waals surface area contributed by atoms with Crippen molar-refractivity contribution in [1.82, 2.24) is 0 Å². The molecule has 0 radical (unpaired) electrons. The SMILES string of the molecule is C=CC(=C)CCCCC(=O)OCCCOc1ccc(C2OC(C)CC(CC3CC(CC)OC(c4ccc(O)cc4)O3)O2)cc1. The molecule has 0 aromatic heterocycles. The highest BCUT2D eigenvalue weighted by atomic mass is 16.7. The van der Waals surface area contributed by atoms with Crippen molar-refractivity contribution in [3.63, 3.8) is 0 Å². The molecule has 8 nitrogen and oxygen atoms in total. The van der Waals surface area contributed by atoms with Crippen LogP contribution in [0.1, 0.15) is 95.3 Å². The van der Waals surface area contributed by atoms with Gasteiger partial charge in [0.25, 0.3) is 0 Å². The topological polar surface area (TPSA) is 92.7 Å². The lowest BCUT2D eigenvalue weighted by Gasteiger charge is -2.40. The Kier molecular flexibility index (Phi) is 13.3. The van der Waals surface area contributed by atoms with Crippen LogP contribution in [0.3, 0.4) is 0 Å². The lowest BCUT2D eigenvalue weighted by molar-refractivity contribution is -0.275. The smallest absolute Gasteiger partial charge is 0.305 e. The number of esters is 1. The summed E-state index contributed by atoms with van der Waals surface area (Å²) in [4.78, 5) is 11.9. The second kappa shape index (κ2) is 17.4. The van der Waals surface area contributed by atoms with Gasteiger partial charge in [-0.1, -0.05) is 56.0 Å². The lowest BCUT2D eigenvalue weighted by Crippen LogP contribution is -2.39. The summed E-state index contributed by atoms with van der Waals surface area (Å²) in [6.45, 7) is 12.6. The van der Waals surface area contributed by atoms with Crippen LogP contribution < -0.4 is 4.74 Å². The second-order valence-corrected chi connectivity index (χ2v) is 11.7. The minimum absolute atomic E-state index is 0.0127. The summed E-state index contributed by atoms with van der Waals surface area (Å²) in [5, 5.41) is 9.66. The first-order valence-corrected chi connectivity index (χ1v) is 15.9. The molecule has 2 aliphatic heterocycles. The van der Waals surface area contributed by atoms with Gasteiger partial charge in [-0.3, -0.25) is 4.79 Å². The molecule has 2 aliphatic rings. The Morgan fingerprint density at radius 1 is 0.864 bits per heavy atom. The molecular weight excluding hydrogens is 560 g/mol. The average molecular weight is 609 g/mol. The molecular formula is C36H48O8. The van der Waals surface area contributed by atoms with Crippen LogP contribution >= 0.6 is 0 Å². The van der Waals surface area contributed by atoms with Gasteiger partial charge in [0, 0.05) is 36.8 Å². The Labute approximate surface area is 261 Å². The van der Waals surface area contributed by atoms with E-state index >= 15 is 0 Å². The number of aromatic hydroxyl groups is 1. The van der Waals surface area contributed by atoms with Gasteiger partial charge in [0.2, 0.25) is 0 Å². The number of allylic oxidation sites excluding steroid dienone is 2. The molecule has 0 aliphatic carbocycles. The highest BCUT2D eigenvalue weighted by molar-refractivity contribution is 5.69. The van der Waals surface area contributed by atoms with E-state index in [0.29, 0.717) is 26.1 Å². The zero-order valence-electron chi connectivity index (χ0n) is 26.2. The van der Waals surface area contributed by atoms with Crippen LogP contribution in [0, 0.1) is 0 Å². The number of ether oxygens (including phenoxy) is 6. The zero-order valence-corrected chi connectivity index (χ0v) is 26.2. The zero-order chi connectivity index (χ0) is 31.3. The second-order valence-electron chi connectivity index (χ2n) is 11.7. The van der Waals surface area contributed by atoms with Crippen LogP contribution in [0.25, 0.3) is 0 Å². The van der Waals surface area contributed by atoms with Crippen molar-refractivity contribution < 1.29 is 38.3 Å². The number of benzene rings is 2. The molecule has 4 rings (SSSR count). The Bertz CT molecular complexity index is 1180. The van der Waals surface area contributed by atoms with Crippen LogP contribution in [0.5, 0.6) is 11.5 Å². The van der Waals surface area contributed by atoms with Gasteiger partial charge in [0.05, 0.1) is 37.6 Å². The van der Waals surface area contributed by atoms with Gasteiger partial charge in [-0.15, -0.1) is 0 Å². The Hall–Kier alpha value is -3.17. The first kappa shape index (κ1) is 33.7. The maximum atomic E-state index is 11.9. The number of carbonyl (C=O) groups is 1. The molecule has 0 bridgehead atoms. The summed E-state index contributed by atoms with van der Waals surface area (Å²) in [5.41, 5.74) is 2.82. The molecule has 2 aromatic rings. The normalized spacial score (nSPS) is 25.2. The number of phenolic OH excluding ortho intramolecular Hbond substituents is 1. The third-order valence-corrected chi connectivity index (χ3v) is 7.96. The first-order chi connectivity index (χ1) is 21.3. The predicted octanol–water partition coefficient (Wildman–Crippen LogP) is 7.87. The van der Waals surface area contributed by atoms with Crippen molar-refractivity contribution in [1.29, 1.82) is 0 Å².